The van der Waals surface area contributed by atoms with Crippen LogP contribution in [0.1, 0.15) is 15.9 Å². The minimum absolute atomic E-state index is 0.0786. The van der Waals surface area contributed by atoms with Crippen LogP contribution in [-0.2, 0) is 6.61 Å². The second-order valence-electron chi connectivity index (χ2n) is 4.05. The molecule has 2 rings (SSSR count). The van der Waals surface area contributed by atoms with Crippen LogP contribution in [0.15, 0.2) is 36.4 Å². The van der Waals surface area contributed by atoms with Gasteiger partial charge in [-0.25, -0.2) is 4.39 Å². The molecule has 0 saturated carbocycles. The molecule has 0 radical (unpaired) electrons. The van der Waals surface area contributed by atoms with Crippen LogP contribution in [0.4, 0.5) is 4.39 Å². The zero-order valence-corrected chi connectivity index (χ0v) is 11.5. The van der Waals surface area contributed by atoms with Gasteiger partial charge >= 0.3 is 0 Å². The number of methoxy groups -OCH3 is 1. The largest absolute Gasteiger partial charge is 0.493 e. The second-order valence-corrected chi connectivity index (χ2v) is 4.46. The predicted octanol–water partition coefficient (Wildman–Crippen LogP) is 3.88. The lowest BCUT2D eigenvalue weighted by atomic mass is 10.2. The van der Waals surface area contributed by atoms with Crippen molar-refractivity contribution in [2.75, 3.05) is 7.11 Å². The highest BCUT2D eigenvalue weighted by Crippen LogP contribution is 2.29. The van der Waals surface area contributed by atoms with Crippen LogP contribution in [0.25, 0.3) is 0 Å². The van der Waals surface area contributed by atoms with Crippen LogP contribution in [0.2, 0.25) is 5.02 Å². The summed E-state index contributed by atoms with van der Waals surface area (Å²) in [5.74, 6) is 0.502. The van der Waals surface area contributed by atoms with E-state index >= 15 is 0 Å². The summed E-state index contributed by atoms with van der Waals surface area (Å²) < 4.78 is 23.8. The van der Waals surface area contributed by atoms with E-state index in [0.717, 1.165) is 0 Å². The van der Waals surface area contributed by atoms with E-state index in [-0.39, 0.29) is 12.4 Å². The van der Waals surface area contributed by atoms with Gasteiger partial charge in [-0.2, -0.15) is 0 Å². The van der Waals surface area contributed by atoms with Gasteiger partial charge in [-0.1, -0.05) is 11.6 Å². The Morgan fingerprint density at radius 2 is 2.00 bits per heavy atom. The lowest BCUT2D eigenvalue weighted by Crippen LogP contribution is -1.99. The topological polar surface area (TPSA) is 35.5 Å². The zero-order chi connectivity index (χ0) is 14.5. The van der Waals surface area contributed by atoms with Gasteiger partial charge in [-0.3, -0.25) is 4.79 Å². The summed E-state index contributed by atoms with van der Waals surface area (Å²) in [7, 11) is 1.50. The standard InChI is InChI=1S/C15H12ClFO3/c1-19-14-5-2-10(8-18)6-15(14)20-9-11-7-12(17)3-4-13(11)16/h2-8H,9H2,1H3. The summed E-state index contributed by atoms with van der Waals surface area (Å²) in [6, 6.07) is 8.85. The van der Waals surface area contributed by atoms with Crippen molar-refractivity contribution in [3.8, 4) is 11.5 Å². The van der Waals surface area contributed by atoms with Crippen LogP contribution in [0.3, 0.4) is 0 Å². The second kappa shape index (κ2) is 6.39. The third-order valence-corrected chi connectivity index (χ3v) is 3.08. The molecule has 2 aromatic rings. The maximum atomic E-state index is 13.2. The van der Waals surface area contributed by atoms with Crippen molar-refractivity contribution in [3.63, 3.8) is 0 Å². The lowest BCUT2D eigenvalue weighted by molar-refractivity contribution is 0.112. The van der Waals surface area contributed by atoms with Crippen molar-refractivity contribution < 1.29 is 18.7 Å². The zero-order valence-electron chi connectivity index (χ0n) is 10.7. The Balaban J connectivity index is 2.21. The molecule has 0 bridgehead atoms. The highest BCUT2D eigenvalue weighted by molar-refractivity contribution is 6.31. The number of aldehydes is 1. The molecule has 0 fully saturated rings. The van der Waals surface area contributed by atoms with Gasteiger partial charge in [0.25, 0.3) is 0 Å². The Kier molecular flexibility index (Phi) is 4.58. The first-order valence-corrected chi connectivity index (χ1v) is 6.22. The normalized spacial score (nSPS) is 10.2. The molecule has 0 amide bonds. The molecule has 3 nitrogen and oxygen atoms in total. The number of ether oxygens (including phenoxy) is 2. The van der Waals surface area contributed by atoms with Gasteiger partial charge < -0.3 is 9.47 Å². The first-order chi connectivity index (χ1) is 9.63. The molecular weight excluding hydrogens is 283 g/mol. The molecule has 0 aromatic heterocycles. The first-order valence-electron chi connectivity index (χ1n) is 5.84. The van der Waals surface area contributed by atoms with E-state index in [2.05, 4.69) is 0 Å². The highest BCUT2D eigenvalue weighted by atomic mass is 35.5. The minimum atomic E-state index is -0.387. The summed E-state index contributed by atoms with van der Waals surface area (Å²) in [4.78, 5) is 10.8. The monoisotopic (exact) mass is 294 g/mol. The van der Waals surface area contributed by atoms with Gasteiger partial charge in [0.1, 0.15) is 18.7 Å². The third-order valence-electron chi connectivity index (χ3n) is 2.71. The van der Waals surface area contributed by atoms with Crippen LogP contribution in [0, 0.1) is 5.82 Å². The van der Waals surface area contributed by atoms with Crippen LogP contribution < -0.4 is 9.47 Å². The molecule has 0 aliphatic carbocycles. The molecule has 0 unspecified atom stereocenters. The van der Waals surface area contributed by atoms with Crippen LogP contribution in [-0.4, -0.2) is 13.4 Å². The maximum absolute atomic E-state index is 13.2. The van der Waals surface area contributed by atoms with Crippen LogP contribution >= 0.6 is 11.6 Å². The van der Waals surface area contributed by atoms with Gasteiger partial charge in [0.2, 0.25) is 0 Å². The molecule has 0 atom stereocenters. The Hall–Kier alpha value is -2.07. The van der Waals surface area contributed by atoms with Crippen molar-refractivity contribution in [3.05, 3.63) is 58.4 Å². The van der Waals surface area contributed by atoms with Gasteiger partial charge in [-0.05, 0) is 36.4 Å². The minimum Gasteiger partial charge on any atom is -0.493 e. The average molecular weight is 295 g/mol. The fraction of sp³-hybridized carbons (Fsp3) is 0.133. The molecule has 0 aliphatic rings. The van der Waals surface area contributed by atoms with Gasteiger partial charge in [0, 0.05) is 16.1 Å². The number of hydrogen-bond acceptors (Lipinski definition) is 3. The Morgan fingerprint density at radius 1 is 1.20 bits per heavy atom. The molecule has 20 heavy (non-hydrogen) atoms. The summed E-state index contributed by atoms with van der Waals surface area (Å²) in [6.07, 6.45) is 0.710. The van der Waals surface area contributed by atoms with Gasteiger partial charge in [0.15, 0.2) is 11.5 Å². The fourth-order valence-corrected chi connectivity index (χ4v) is 1.86. The third kappa shape index (κ3) is 3.27. The number of benzene rings is 2. The molecule has 104 valence electrons. The molecule has 0 spiro atoms. The van der Waals surface area contributed by atoms with E-state index in [0.29, 0.717) is 33.9 Å². The number of carbonyl (C=O) groups excluding carboxylic acids is 1. The van der Waals surface area contributed by atoms with E-state index in [1.807, 2.05) is 0 Å². The lowest BCUT2D eigenvalue weighted by Gasteiger charge is -2.12. The van der Waals surface area contributed by atoms with Crippen molar-refractivity contribution in [2.45, 2.75) is 6.61 Å². The van der Waals surface area contributed by atoms with E-state index in [9.17, 15) is 9.18 Å². The summed E-state index contributed by atoms with van der Waals surface area (Å²) in [6.45, 7) is 0.0786. The van der Waals surface area contributed by atoms with Crippen molar-refractivity contribution in [2.24, 2.45) is 0 Å². The van der Waals surface area contributed by atoms with Crippen molar-refractivity contribution >= 4 is 17.9 Å². The van der Waals surface area contributed by atoms with E-state index in [1.54, 1.807) is 18.2 Å². The van der Waals surface area contributed by atoms with Gasteiger partial charge in [-0.15, -0.1) is 0 Å². The first kappa shape index (κ1) is 14.3. The van der Waals surface area contributed by atoms with Crippen molar-refractivity contribution in [1.29, 1.82) is 0 Å². The average Bonchev–Trinajstić information content (AvgIpc) is 2.47. The molecule has 0 saturated heterocycles. The highest BCUT2D eigenvalue weighted by Gasteiger charge is 2.08. The Morgan fingerprint density at radius 3 is 2.70 bits per heavy atom. The predicted molar refractivity (Wildman–Crippen MR) is 74.1 cm³/mol. The SMILES string of the molecule is COc1ccc(C=O)cc1OCc1cc(F)ccc1Cl. The fourth-order valence-electron chi connectivity index (χ4n) is 1.69. The quantitative estimate of drug-likeness (QED) is 0.785. The van der Waals surface area contributed by atoms with E-state index in [4.69, 9.17) is 21.1 Å². The molecule has 0 aliphatic heterocycles. The van der Waals surface area contributed by atoms with Crippen LogP contribution in [0.5, 0.6) is 11.5 Å². The van der Waals surface area contributed by atoms with E-state index in [1.165, 1.54) is 25.3 Å². The molecule has 5 heteroatoms. The summed E-state index contributed by atoms with van der Waals surface area (Å²) in [5, 5.41) is 0.414. The smallest absolute Gasteiger partial charge is 0.162 e. The summed E-state index contributed by atoms with van der Waals surface area (Å²) in [5.41, 5.74) is 0.983. The maximum Gasteiger partial charge on any atom is 0.162 e. The molecule has 0 N–H and O–H groups in total. The summed E-state index contributed by atoms with van der Waals surface area (Å²) >= 11 is 5.96. The van der Waals surface area contributed by atoms with E-state index < -0.39 is 0 Å². The Labute approximate surface area is 120 Å². The Bertz CT molecular complexity index is 629. The molecular formula is C15H12ClFO3. The number of rotatable bonds is 5. The van der Waals surface area contributed by atoms with Crippen molar-refractivity contribution in [1.82, 2.24) is 0 Å². The molecule has 0 heterocycles. The number of carbonyl (C=O) groups is 1. The number of halogens is 2. The molecule has 2 aromatic carbocycles. The number of hydrogen-bond donors (Lipinski definition) is 0. The van der Waals surface area contributed by atoms with Gasteiger partial charge in [0.05, 0.1) is 7.11 Å².